The number of methoxy groups -OCH3 is 1. The molecule has 2 N–H and O–H groups in total. The molecule has 19 heavy (non-hydrogen) atoms. The van der Waals surface area contributed by atoms with Crippen LogP contribution in [0.2, 0.25) is 5.02 Å². The maximum Gasteiger partial charge on any atom is 0.136 e. The van der Waals surface area contributed by atoms with E-state index in [1.54, 1.807) is 19.2 Å². The van der Waals surface area contributed by atoms with E-state index < -0.39 is 0 Å². The van der Waals surface area contributed by atoms with Crippen LogP contribution in [0.4, 0.5) is 0 Å². The largest absolute Gasteiger partial charge is 0.497 e. The van der Waals surface area contributed by atoms with Crippen LogP contribution in [0, 0.1) is 0 Å². The van der Waals surface area contributed by atoms with Crippen molar-refractivity contribution in [1.29, 1.82) is 0 Å². The first-order valence-electron chi connectivity index (χ1n) is 5.99. The summed E-state index contributed by atoms with van der Waals surface area (Å²) < 4.78 is 11.0. The van der Waals surface area contributed by atoms with Gasteiger partial charge in [-0.1, -0.05) is 29.8 Å². The van der Waals surface area contributed by atoms with Crippen molar-refractivity contribution in [3.8, 4) is 11.5 Å². The fourth-order valence-electron chi connectivity index (χ4n) is 1.78. The van der Waals surface area contributed by atoms with Gasteiger partial charge in [0.1, 0.15) is 17.6 Å². The fraction of sp³-hybridized carbons (Fsp3) is 0.200. The molecule has 0 bridgehead atoms. The highest BCUT2D eigenvalue weighted by atomic mass is 35.5. The molecular weight excluding hydrogens is 262 g/mol. The van der Waals surface area contributed by atoms with Crippen molar-refractivity contribution in [1.82, 2.24) is 0 Å². The van der Waals surface area contributed by atoms with Gasteiger partial charge in [-0.25, -0.2) is 0 Å². The summed E-state index contributed by atoms with van der Waals surface area (Å²) in [5.74, 6) is 1.51. The lowest BCUT2D eigenvalue weighted by Gasteiger charge is -2.18. The van der Waals surface area contributed by atoms with E-state index in [4.69, 9.17) is 26.8 Å². The van der Waals surface area contributed by atoms with E-state index in [9.17, 15) is 0 Å². The van der Waals surface area contributed by atoms with Gasteiger partial charge in [-0.3, -0.25) is 0 Å². The third-order valence-corrected chi connectivity index (χ3v) is 3.01. The van der Waals surface area contributed by atoms with E-state index in [0.717, 1.165) is 11.3 Å². The van der Waals surface area contributed by atoms with E-state index in [0.29, 0.717) is 17.3 Å². The van der Waals surface area contributed by atoms with Crippen LogP contribution in [0.5, 0.6) is 11.5 Å². The van der Waals surface area contributed by atoms with E-state index in [-0.39, 0.29) is 6.10 Å². The second kappa shape index (κ2) is 6.45. The number of ether oxygens (including phenoxy) is 2. The highest BCUT2D eigenvalue weighted by Gasteiger charge is 2.11. The number of benzene rings is 2. The average Bonchev–Trinajstić information content (AvgIpc) is 2.45. The second-order valence-corrected chi connectivity index (χ2v) is 4.51. The highest BCUT2D eigenvalue weighted by Crippen LogP contribution is 2.25. The molecule has 0 amide bonds. The zero-order chi connectivity index (χ0) is 13.7. The SMILES string of the molecule is COc1ccc(C(CN)Oc2cccc(Cl)c2)cc1. The molecule has 0 saturated carbocycles. The van der Waals surface area contributed by atoms with Crippen LogP contribution in [0.3, 0.4) is 0 Å². The second-order valence-electron chi connectivity index (χ2n) is 4.07. The standard InChI is InChI=1S/C15H16ClNO2/c1-18-13-7-5-11(6-8-13)15(10-17)19-14-4-2-3-12(16)9-14/h2-9,15H,10,17H2,1H3. The smallest absolute Gasteiger partial charge is 0.136 e. The van der Waals surface area contributed by atoms with Gasteiger partial charge >= 0.3 is 0 Å². The fourth-order valence-corrected chi connectivity index (χ4v) is 1.96. The minimum Gasteiger partial charge on any atom is -0.497 e. The van der Waals surface area contributed by atoms with Gasteiger partial charge in [0.05, 0.1) is 7.11 Å². The van der Waals surface area contributed by atoms with Crippen molar-refractivity contribution >= 4 is 11.6 Å². The first kappa shape index (κ1) is 13.7. The predicted octanol–water partition coefficient (Wildman–Crippen LogP) is 3.43. The minimum atomic E-state index is -0.204. The Morgan fingerprint density at radius 3 is 2.42 bits per heavy atom. The van der Waals surface area contributed by atoms with Gasteiger partial charge in [-0.15, -0.1) is 0 Å². The zero-order valence-corrected chi connectivity index (χ0v) is 11.4. The quantitative estimate of drug-likeness (QED) is 0.911. The van der Waals surface area contributed by atoms with Crippen LogP contribution in [-0.2, 0) is 0 Å². The summed E-state index contributed by atoms with van der Waals surface area (Å²) in [6.45, 7) is 0.388. The third kappa shape index (κ3) is 3.63. The molecule has 0 aliphatic rings. The molecule has 0 saturated heterocycles. The van der Waals surface area contributed by atoms with Gasteiger partial charge in [0.25, 0.3) is 0 Å². The highest BCUT2D eigenvalue weighted by molar-refractivity contribution is 6.30. The Morgan fingerprint density at radius 1 is 1.11 bits per heavy atom. The van der Waals surface area contributed by atoms with Crippen molar-refractivity contribution in [2.75, 3.05) is 13.7 Å². The van der Waals surface area contributed by atoms with E-state index >= 15 is 0 Å². The molecule has 0 aliphatic heterocycles. The summed E-state index contributed by atoms with van der Waals surface area (Å²) >= 11 is 5.93. The maximum atomic E-state index is 5.93. The van der Waals surface area contributed by atoms with Crippen LogP contribution >= 0.6 is 11.6 Å². The van der Waals surface area contributed by atoms with Crippen LogP contribution in [-0.4, -0.2) is 13.7 Å². The molecule has 100 valence electrons. The summed E-state index contributed by atoms with van der Waals surface area (Å²) in [5, 5.41) is 0.642. The zero-order valence-electron chi connectivity index (χ0n) is 10.7. The predicted molar refractivity (Wildman–Crippen MR) is 76.9 cm³/mol. The molecule has 4 heteroatoms. The van der Waals surface area contributed by atoms with Crippen molar-refractivity contribution < 1.29 is 9.47 Å². The number of halogens is 1. The summed E-state index contributed by atoms with van der Waals surface area (Å²) in [4.78, 5) is 0. The third-order valence-electron chi connectivity index (χ3n) is 2.78. The molecule has 2 aromatic carbocycles. The maximum absolute atomic E-state index is 5.93. The van der Waals surface area contributed by atoms with Crippen LogP contribution in [0.1, 0.15) is 11.7 Å². The van der Waals surface area contributed by atoms with Gasteiger partial charge in [-0.2, -0.15) is 0 Å². The van der Waals surface area contributed by atoms with Crippen molar-refractivity contribution in [3.05, 3.63) is 59.1 Å². The molecule has 2 aromatic rings. The number of hydrogen-bond donors (Lipinski definition) is 1. The normalized spacial score (nSPS) is 11.9. The molecule has 0 aliphatic carbocycles. The topological polar surface area (TPSA) is 44.5 Å². The van der Waals surface area contributed by atoms with Crippen LogP contribution in [0.15, 0.2) is 48.5 Å². The molecule has 0 radical (unpaired) electrons. The molecule has 0 fully saturated rings. The Bertz CT molecular complexity index is 528. The lowest BCUT2D eigenvalue weighted by Crippen LogP contribution is -2.18. The molecule has 0 heterocycles. The van der Waals surface area contributed by atoms with Crippen LogP contribution < -0.4 is 15.2 Å². The average molecular weight is 278 g/mol. The molecule has 0 aromatic heterocycles. The monoisotopic (exact) mass is 277 g/mol. The summed E-state index contributed by atoms with van der Waals surface area (Å²) in [7, 11) is 1.64. The first-order valence-corrected chi connectivity index (χ1v) is 6.37. The molecule has 3 nitrogen and oxygen atoms in total. The van der Waals surface area contributed by atoms with E-state index in [2.05, 4.69) is 0 Å². The van der Waals surface area contributed by atoms with Gasteiger partial charge < -0.3 is 15.2 Å². The number of rotatable bonds is 5. The minimum absolute atomic E-state index is 0.204. The van der Waals surface area contributed by atoms with Crippen molar-refractivity contribution in [2.45, 2.75) is 6.10 Å². The Morgan fingerprint density at radius 2 is 1.84 bits per heavy atom. The summed E-state index contributed by atoms with van der Waals surface area (Å²) in [5.41, 5.74) is 6.78. The number of hydrogen-bond acceptors (Lipinski definition) is 3. The Labute approximate surface area is 117 Å². The van der Waals surface area contributed by atoms with Crippen molar-refractivity contribution in [2.24, 2.45) is 5.73 Å². The molecule has 1 unspecified atom stereocenters. The molecule has 0 spiro atoms. The van der Waals surface area contributed by atoms with Crippen molar-refractivity contribution in [3.63, 3.8) is 0 Å². The summed E-state index contributed by atoms with van der Waals surface area (Å²) in [6.07, 6.45) is -0.204. The first-order chi connectivity index (χ1) is 9.22. The molecular formula is C15H16ClNO2. The summed E-state index contributed by atoms with van der Waals surface area (Å²) in [6, 6.07) is 14.9. The Kier molecular flexibility index (Phi) is 4.66. The Hall–Kier alpha value is -1.71. The van der Waals surface area contributed by atoms with Crippen LogP contribution in [0.25, 0.3) is 0 Å². The lowest BCUT2D eigenvalue weighted by atomic mass is 10.1. The molecule has 2 rings (SSSR count). The number of nitrogens with two attached hydrogens (primary N) is 1. The van der Waals surface area contributed by atoms with E-state index in [1.165, 1.54) is 0 Å². The van der Waals surface area contributed by atoms with Gasteiger partial charge in [0.2, 0.25) is 0 Å². The van der Waals surface area contributed by atoms with Gasteiger partial charge in [0, 0.05) is 11.6 Å². The molecule has 1 atom stereocenters. The van der Waals surface area contributed by atoms with Gasteiger partial charge in [-0.05, 0) is 35.9 Å². The van der Waals surface area contributed by atoms with E-state index in [1.807, 2.05) is 36.4 Å². The van der Waals surface area contributed by atoms with Gasteiger partial charge in [0.15, 0.2) is 0 Å². The Balaban J connectivity index is 2.15. The lowest BCUT2D eigenvalue weighted by molar-refractivity contribution is 0.214.